The highest BCUT2D eigenvalue weighted by atomic mass is 16.5. The number of nitrogens with zero attached hydrogens (tertiary/aromatic N) is 3. The molecular formula is C22H23N3O3. The van der Waals surface area contributed by atoms with E-state index in [9.17, 15) is 4.79 Å². The van der Waals surface area contributed by atoms with Crippen molar-refractivity contribution in [3.05, 3.63) is 65.5 Å². The molecule has 2 aromatic carbocycles. The maximum atomic E-state index is 12.7. The summed E-state index contributed by atoms with van der Waals surface area (Å²) in [6, 6.07) is 15.4. The van der Waals surface area contributed by atoms with Gasteiger partial charge in [-0.15, -0.1) is 0 Å². The van der Waals surface area contributed by atoms with E-state index in [-0.39, 0.29) is 18.6 Å². The first-order valence-corrected chi connectivity index (χ1v) is 9.50. The van der Waals surface area contributed by atoms with Gasteiger partial charge in [-0.05, 0) is 50.5 Å². The Morgan fingerprint density at radius 1 is 1.18 bits per heavy atom. The molecule has 1 amide bonds. The Bertz CT molecular complexity index is 982. The molecular weight excluding hydrogens is 354 g/mol. The first kappa shape index (κ1) is 18.2. The summed E-state index contributed by atoms with van der Waals surface area (Å²) in [5, 5.41) is 4.11. The highest BCUT2D eigenvalue weighted by Crippen LogP contribution is 2.32. The number of aromatic nitrogens is 2. The van der Waals surface area contributed by atoms with Crippen LogP contribution < -0.4 is 4.74 Å². The lowest BCUT2D eigenvalue weighted by Crippen LogP contribution is -2.34. The van der Waals surface area contributed by atoms with Gasteiger partial charge in [0, 0.05) is 12.1 Å². The molecule has 1 fully saturated rings. The lowest BCUT2D eigenvalue weighted by molar-refractivity contribution is -0.134. The zero-order valence-corrected chi connectivity index (χ0v) is 16.1. The number of carbonyl (C=O) groups is 1. The van der Waals surface area contributed by atoms with Gasteiger partial charge in [-0.2, -0.15) is 4.98 Å². The van der Waals surface area contributed by atoms with Crippen LogP contribution in [0.2, 0.25) is 0 Å². The summed E-state index contributed by atoms with van der Waals surface area (Å²) < 4.78 is 11.2. The Hall–Kier alpha value is -3.15. The van der Waals surface area contributed by atoms with Gasteiger partial charge in [0.05, 0.1) is 0 Å². The number of likely N-dealkylation sites (tertiary alicyclic amines) is 1. The molecule has 0 aliphatic carbocycles. The maximum Gasteiger partial charge on any atom is 0.261 e. The Labute approximate surface area is 164 Å². The molecule has 28 heavy (non-hydrogen) atoms. The predicted octanol–water partition coefficient (Wildman–Crippen LogP) is 4.10. The van der Waals surface area contributed by atoms with Crippen LogP contribution in [0.3, 0.4) is 0 Å². The van der Waals surface area contributed by atoms with Gasteiger partial charge < -0.3 is 14.2 Å². The minimum absolute atomic E-state index is 0.00116. The Morgan fingerprint density at radius 2 is 1.96 bits per heavy atom. The molecule has 6 heteroatoms. The summed E-state index contributed by atoms with van der Waals surface area (Å²) in [6.45, 7) is 4.68. The third kappa shape index (κ3) is 3.91. The average molecular weight is 377 g/mol. The van der Waals surface area contributed by atoms with Crippen LogP contribution in [0, 0.1) is 13.8 Å². The van der Waals surface area contributed by atoms with Gasteiger partial charge in [-0.1, -0.05) is 41.1 Å². The van der Waals surface area contributed by atoms with Crippen molar-refractivity contribution < 1.29 is 14.1 Å². The first-order chi connectivity index (χ1) is 13.6. The van der Waals surface area contributed by atoms with Gasteiger partial charge in [-0.3, -0.25) is 4.79 Å². The monoisotopic (exact) mass is 377 g/mol. The molecule has 1 aliphatic heterocycles. The fourth-order valence-corrected chi connectivity index (χ4v) is 3.53. The fraction of sp³-hybridized carbons (Fsp3) is 0.318. The topological polar surface area (TPSA) is 68.5 Å². The number of hydrogen-bond donors (Lipinski definition) is 0. The molecule has 1 atom stereocenters. The first-order valence-electron chi connectivity index (χ1n) is 9.50. The number of ether oxygens (including phenoxy) is 1. The van der Waals surface area contributed by atoms with E-state index in [1.807, 2.05) is 62.4 Å². The molecule has 1 saturated heterocycles. The second-order valence-electron chi connectivity index (χ2n) is 7.18. The van der Waals surface area contributed by atoms with Crippen molar-refractivity contribution >= 4 is 5.91 Å². The molecule has 0 saturated carbocycles. The van der Waals surface area contributed by atoms with E-state index in [1.54, 1.807) is 4.90 Å². The molecule has 0 radical (unpaired) electrons. The molecule has 0 N–H and O–H groups in total. The van der Waals surface area contributed by atoms with Crippen LogP contribution in [0.15, 0.2) is 53.1 Å². The second-order valence-corrected chi connectivity index (χ2v) is 7.18. The Morgan fingerprint density at radius 3 is 2.75 bits per heavy atom. The average Bonchev–Trinajstić information content (AvgIpc) is 3.35. The quantitative estimate of drug-likeness (QED) is 0.670. The van der Waals surface area contributed by atoms with Crippen molar-refractivity contribution in [3.8, 4) is 17.1 Å². The van der Waals surface area contributed by atoms with E-state index in [1.165, 1.54) is 0 Å². The zero-order chi connectivity index (χ0) is 19.5. The van der Waals surface area contributed by atoms with E-state index >= 15 is 0 Å². The summed E-state index contributed by atoms with van der Waals surface area (Å²) in [5.74, 6) is 1.66. The number of amides is 1. The molecule has 0 spiro atoms. The SMILES string of the molecule is Cc1cccc(OCC(=O)N2CCC[C@H]2c2nc(-c3cccc(C)c3)no2)c1. The van der Waals surface area contributed by atoms with Crippen molar-refractivity contribution in [3.63, 3.8) is 0 Å². The standard InChI is InChI=1S/C22H23N3O3/c1-15-6-3-8-17(12-15)21-23-22(28-24-21)19-10-5-11-25(19)20(26)14-27-18-9-4-7-16(2)13-18/h3-4,6-9,12-13,19H,5,10-11,14H2,1-2H3/t19-/m0/s1. The molecule has 3 aromatic rings. The van der Waals surface area contributed by atoms with Crippen LogP contribution in [-0.4, -0.2) is 34.1 Å². The van der Waals surface area contributed by atoms with Gasteiger partial charge in [0.2, 0.25) is 11.7 Å². The summed E-state index contributed by atoms with van der Waals surface area (Å²) in [4.78, 5) is 19.1. The van der Waals surface area contributed by atoms with Gasteiger partial charge in [0.25, 0.3) is 5.91 Å². The third-order valence-corrected chi connectivity index (χ3v) is 4.93. The molecule has 6 nitrogen and oxygen atoms in total. The second kappa shape index (κ2) is 7.84. The van der Waals surface area contributed by atoms with E-state index in [4.69, 9.17) is 9.26 Å². The number of hydrogen-bond acceptors (Lipinski definition) is 5. The van der Waals surface area contributed by atoms with Crippen LogP contribution in [0.25, 0.3) is 11.4 Å². The highest BCUT2D eigenvalue weighted by Gasteiger charge is 2.34. The van der Waals surface area contributed by atoms with Crippen molar-refractivity contribution in [2.24, 2.45) is 0 Å². The van der Waals surface area contributed by atoms with E-state index in [0.29, 0.717) is 24.0 Å². The van der Waals surface area contributed by atoms with Crippen LogP contribution in [-0.2, 0) is 4.79 Å². The molecule has 2 heterocycles. The van der Waals surface area contributed by atoms with Crippen LogP contribution in [0.1, 0.15) is 35.9 Å². The van der Waals surface area contributed by atoms with E-state index in [0.717, 1.165) is 29.5 Å². The van der Waals surface area contributed by atoms with Gasteiger partial charge in [0.1, 0.15) is 11.8 Å². The summed E-state index contributed by atoms with van der Waals surface area (Å²) >= 11 is 0. The molecule has 144 valence electrons. The van der Waals surface area contributed by atoms with E-state index in [2.05, 4.69) is 10.1 Å². The molecule has 0 unspecified atom stereocenters. The molecule has 1 aliphatic rings. The number of carbonyl (C=O) groups excluding carboxylic acids is 1. The minimum Gasteiger partial charge on any atom is -0.484 e. The summed E-state index contributed by atoms with van der Waals surface area (Å²) in [7, 11) is 0. The lowest BCUT2D eigenvalue weighted by Gasteiger charge is -2.21. The van der Waals surface area contributed by atoms with Gasteiger partial charge in [-0.25, -0.2) is 0 Å². The Balaban J connectivity index is 1.45. The molecule has 0 bridgehead atoms. The minimum atomic E-state index is -0.195. The van der Waals surface area contributed by atoms with Gasteiger partial charge in [0.15, 0.2) is 6.61 Å². The van der Waals surface area contributed by atoms with Crippen molar-refractivity contribution in [2.45, 2.75) is 32.7 Å². The third-order valence-electron chi connectivity index (χ3n) is 4.93. The normalized spacial score (nSPS) is 16.4. The summed E-state index contributed by atoms with van der Waals surface area (Å²) in [5.41, 5.74) is 3.14. The van der Waals surface area contributed by atoms with Crippen molar-refractivity contribution in [1.29, 1.82) is 0 Å². The predicted molar refractivity (Wildman–Crippen MR) is 105 cm³/mol. The molecule has 4 rings (SSSR count). The Kier molecular flexibility index (Phi) is 5.10. The van der Waals surface area contributed by atoms with Crippen LogP contribution in [0.5, 0.6) is 5.75 Å². The lowest BCUT2D eigenvalue weighted by atomic mass is 10.1. The van der Waals surface area contributed by atoms with Crippen molar-refractivity contribution in [1.82, 2.24) is 15.0 Å². The number of aryl methyl sites for hydroxylation is 2. The van der Waals surface area contributed by atoms with E-state index < -0.39 is 0 Å². The highest BCUT2D eigenvalue weighted by molar-refractivity contribution is 5.78. The number of benzene rings is 2. The largest absolute Gasteiger partial charge is 0.484 e. The fourth-order valence-electron chi connectivity index (χ4n) is 3.53. The molecule has 1 aromatic heterocycles. The van der Waals surface area contributed by atoms with Crippen molar-refractivity contribution in [2.75, 3.05) is 13.2 Å². The van der Waals surface area contributed by atoms with Crippen LogP contribution in [0.4, 0.5) is 0 Å². The van der Waals surface area contributed by atoms with Crippen LogP contribution >= 0.6 is 0 Å². The van der Waals surface area contributed by atoms with Gasteiger partial charge >= 0.3 is 0 Å². The zero-order valence-electron chi connectivity index (χ0n) is 16.1. The smallest absolute Gasteiger partial charge is 0.261 e. The maximum absolute atomic E-state index is 12.7. The summed E-state index contributed by atoms with van der Waals surface area (Å²) in [6.07, 6.45) is 1.72. The number of rotatable bonds is 5.